The van der Waals surface area contributed by atoms with Crippen molar-refractivity contribution in [2.75, 3.05) is 0 Å². The van der Waals surface area contributed by atoms with E-state index < -0.39 is 49.2 Å². The summed E-state index contributed by atoms with van der Waals surface area (Å²) in [5, 5.41) is 15.4. The highest BCUT2D eigenvalue weighted by atomic mass is 32.2. The van der Waals surface area contributed by atoms with Crippen molar-refractivity contribution in [2.45, 2.75) is 60.9 Å². The lowest BCUT2D eigenvalue weighted by Crippen LogP contribution is -2.29. The van der Waals surface area contributed by atoms with Crippen LogP contribution in [0.2, 0.25) is 0 Å². The Bertz CT molecular complexity index is 1520. The number of nitrogens with zero attached hydrogens (tertiary/aromatic N) is 5. The van der Waals surface area contributed by atoms with Gasteiger partial charge in [-0.1, -0.05) is 0 Å². The van der Waals surface area contributed by atoms with Crippen LogP contribution in [0.15, 0.2) is 41.4 Å². The number of hydrogen-bond donors (Lipinski definition) is 1. The molecule has 2 fully saturated rings. The van der Waals surface area contributed by atoms with Crippen LogP contribution in [0.25, 0.3) is 5.82 Å². The maximum atomic E-state index is 13.5. The van der Waals surface area contributed by atoms with E-state index in [4.69, 9.17) is 5.26 Å². The number of pyridine rings is 1. The SMILES string of the molecule is C[C@H](NC(=O)c1cc(C(F)(F)F)cc(S(=O)(=O)C2CC2)c1)c1nc(C2CC2)nn1-c1ccc(C#N)cn1. The first-order chi connectivity index (χ1) is 17.5. The molecule has 2 aliphatic carbocycles. The van der Waals surface area contributed by atoms with Gasteiger partial charge < -0.3 is 5.32 Å². The molecule has 192 valence electrons. The molecule has 2 saturated carbocycles. The minimum atomic E-state index is -4.84. The van der Waals surface area contributed by atoms with Crippen LogP contribution in [-0.4, -0.2) is 39.3 Å². The summed E-state index contributed by atoms with van der Waals surface area (Å²) in [6, 6.07) is 6.47. The van der Waals surface area contributed by atoms with Crippen molar-refractivity contribution in [3.8, 4) is 11.9 Å². The average Bonchev–Trinajstić information content (AvgIpc) is 3.80. The van der Waals surface area contributed by atoms with E-state index in [1.165, 1.54) is 10.9 Å². The van der Waals surface area contributed by atoms with E-state index in [0.717, 1.165) is 18.9 Å². The van der Waals surface area contributed by atoms with Crippen molar-refractivity contribution in [3.05, 3.63) is 64.9 Å². The summed E-state index contributed by atoms with van der Waals surface area (Å²) in [4.78, 5) is 21.3. The molecule has 0 spiro atoms. The van der Waals surface area contributed by atoms with Crippen molar-refractivity contribution in [1.82, 2.24) is 25.1 Å². The number of aromatic nitrogens is 4. The molecule has 2 aliphatic rings. The van der Waals surface area contributed by atoms with Gasteiger partial charge in [0.05, 0.1) is 27.3 Å². The molecule has 3 aromatic rings. The summed E-state index contributed by atoms with van der Waals surface area (Å²) in [6.45, 7) is 1.59. The van der Waals surface area contributed by atoms with Crippen LogP contribution in [-0.2, 0) is 16.0 Å². The molecule has 1 atom stereocenters. The molecule has 0 saturated heterocycles. The molecule has 0 unspecified atom stereocenters. The van der Waals surface area contributed by atoms with E-state index in [9.17, 15) is 26.4 Å². The molecule has 1 aromatic carbocycles. The van der Waals surface area contributed by atoms with Crippen LogP contribution in [0.3, 0.4) is 0 Å². The second-order valence-corrected chi connectivity index (χ2v) is 11.4. The second-order valence-electron chi connectivity index (χ2n) is 9.21. The molecule has 2 aromatic heterocycles. The van der Waals surface area contributed by atoms with E-state index in [2.05, 4.69) is 20.4 Å². The average molecular weight is 531 g/mol. The first kappa shape index (κ1) is 24.9. The molecule has 0 aliphatic heterocycles. The molecule has 37 heavy (non-hydrogen) atoms. The number of nitriles is 1. The molecule has 0 bridgehead atoms. The standard InChI is InChI=1S/C24H21F3N6O3S/c1-13(22-31-21(15-3-4-15)32-33(22)20-7-2-14(11-28)12-29-20)30-23(34)16-8-17(24(25,26)27)10-19(9-16)37(35,36)18-5-6-18/h2,7-10,12-13,15,18H,3-6H2,1H3,(H,30,34)/t13-/m0/s1. The Balaban J connectivity index is 1.47. The van der Waals surface area contributed by atoms with Crippen molar-refractivity contribution in [3.63, 3.8) is 0 Å². The summed E-state index contributed by atoms with van der Waals surface area (Å²) >= 11 is 0. The molecule has 1 N–H and O–H groups in total. The van der Waals surface area contributed by atoms with Gasteiger partial charge in [-0.05, 0) is 62.9 Å². The summed E-state index contributed by atoms with van der Waals surface area (Å²) in [5.41, 5.74) is -1.30. The predicted octanol–water partition coefficient (Wildman–Crippen LogP) is 3.86. The summed E-state index contributed by atoms with van der Waals surface area (Å²) in [6.07, 6.45) is -0.901. The summed E-state index contributed by atoms with van der Waals surface area (Å²) in [5.74, 6) is 0.483. The van der Waals surface area contributed by atoms with Crippen LogP contribution in [0, 0.1) is 11.3 Å². The van der Waals surface area contributed by atoms with Gasteiger partial charge in [0.15, 0.2) is 27.3 Å². The van der Waals surface area contributed by atoms with Gasteiger partial charge in [-0.25, -0.2) is 18.4 Å². The van der Waals surface area contributed by atoms with E-state index >= 15 is 0 Å². The van der Waals surface area contributed by atoms with Gasteiger partial charge in [-0.3, -0.25) is 4.79 Å². The minimum Gasteiger partial charge on any atom is -0.342 e. The zero-order valence-electron chi connectivity index (χ0n) is 19.5. The number of alkyl halides is 3. The summed E-state index contributed by atoms with van der Waals surface area (Å²) < 4.78 is 67.4. The van der Waals surface area contributed by atoms with E-state index in [1.807, 2.05) is 6.07 Å². The van der Waals surface area contributed by atoms with Gasteiger partial charge in [0, 0.05) is 17.7 Å². The first-order valence-electron chi connectivity index (χ1n) is 11.6. The van der Waals surface area contributed by atoms with Crippen molar-refractivity contribution >= 4 is 15.7 Å². The van der Waals surface area contributed by atoms with E-state index in [-0.39, 0.29) is 5.92 Å². The second kappa shape index (κ2) is 8.95. The maximum absolute atomic E-state index is 13.5. The smallest absolute Gasteiger partial charge is 0.342 e. The number of carbonyl (C=O) groups is 1. The molecule has 13 heteroatoms. The number of amides is 1. The zero-order chi connectivity index (χ0) is 26.5. The number of rotatable bonds is 7. The predicted molar refractivity (Wildman–Crippen MR) is 123 cm³/mol. The van der Waals surface area contributed by atoms with E-state index in [0.29, 0.717) is 48.0 Å². The van der Waals surface area contributed by atoms with Crippen molar-refractivity contribution in [1.29, 1.82) is 5.26 Å². The largest absolute Gasteiger partial charge is 0.416 e. The van der Waals surface area contributed by atoms with E-state index in [1.54, 1.807) is 19.1 Å². The Kier molecular flexibility index (Phi) is 6.02. The number of halogens is 3. The van der Waals surface area contributed by atoms with Gasteiger partial charge in [0.1, 0.15) is 6.07 Å². The number of benzene rings is 1. The van der Waals surface area contributed by atoms with Crippen LogP contribution >= 0.6 is 0 Å². The Morgan fingerprint density at radius 2 is 1.92 bits per heavy atom. The van der Waals surface area contributed by atoms with Gasteiger partial charge in [0.2, 0.25) is 0 Å². The highest BCUT2D eigenvalue weighted by Gasteiger charge is 2.40. The van der Waals surface area contributed by atoms with Gasteiger partial charge >= 0.3 is 6.18 Å². The van der Waals surface area contributed by atoms with Crippen LogP contribution in [0.5, 0.6) is 0 Å². The lowest BCUT2D eigenvalue weighted by atomic mass is 10.1. The third kappa shape index (κ3) is 5.06. The van der Waals surface area contributed by atoms with Gasteiger partial charge in [-0.2, -0.15) is 23.1 Å². The Hall–Kier alpha value is -3.79. The first-order valence-corrected chi connectivity index (χ1v) is 13.1. The van der Waals surface area contributed by atoms with Gasteiger partial charge in [0.25, 0.3) is 5.91 Å². The number of hydrogen-bond acceptors (Lipinski definition) is 7. The minimum absolute atomic E-state index is 0.167. The normalized spacial score (nSPS) is 16.7. The van der Waals surface area contributed by atoms with Crippen LogP contribution in [0.4, 0.5) is 13.2 Å². The lowest BCUT2D eigenvalue weighted by Gasteiger charge is -2.16. The molecule has 5 rings (SSSR count). The van der Waals surface area contributed by atoms with Crippen molar-refractivity contribution < 1.29 is 26.4 Å². The molecular formula is C24H21F3N6O3S. The topological polar surface area (TPSA) is 131 Å². The fraction of sp³-hybridized carbons (Fsp3) is 0.375. The van der Waals surface area contributed by atoms with Crippen LogP contribution < -0.4 is 5.32 Å². The Morgan fingerprint density at radius 3 is 2.49 bits per heavy atom. The number of sulfone groups is 1. The molecular weight excluding hydrogens is 509 g/mol. The monoisotopic (exact) mass is 530 g/mol. The third-order valence-electron chi connectivity index (χ3n) is 6.21. The molecule has 2 heterocycles. The highest BCUT2D eigenvalue weighted by molar-refractivity contribution is 7.92. The fourth-order valence-corrected chi connectivity index (χ4v) is 5.58. The highest BCUT2D eigenvalue weighted by Crippen LogP contribution is 2.39. The lowest BCUT2D eigenvalue weighted by molar-refractivity contribution is -0.137. The summed E-state index contributed by atoms with van der Waals surface area (Å²) in [7, 11) is -3.97. The van der Waals surface area contributed by atoms with Crippen molar-refractivity contribution in [2.24, 2.45) is 0 Å². The Labute approximate surface area is 210 Å². The number of carbonyl (C=O) groups excluding carboxylic acids is 1. The molecule has 9 nitrogen and oxygen atoms in total. The maximum Gasteiger partial charge on any atom is 0.416 e. The Morgan fingerprint density at radius 1 is 1.19 bits per heavy atom. The molecule has 1 amide bonds. The molecule has 0 radical (unpaired) electrons. The third-order valence-corrected chi connectivity index (χ3v) is 8.45. The quantitative estimate of drug-likeness (QED) is 0.491. The zero-order valence-corrected chi connectivity index (χ0v) is 20.3. The fourth-order valence-electron chi connectivity index (χ4n) is 3.85. The van der Waals surface area contributed by atoms with Crippen LogP contribution in [0.1, 0.15) is 77.7 Å². The number of nitrogens with one attached hydrogen (secondary N) is 1. The van der Waals surface area contributed by atoms with Gasteiger partial charge in [-0.15, -0.1) is 5.10 Å².